The molecule has 1 fully saturated rings. The number of carbonyl (C=O) groups is 1. The number of nitrogens with zero attached hydrogens (tertiary/aromatic N) is 1. The molecule has 1 atom stereocenters. The zero-order chi connectivity index (χ0) is 16.4. The van der Waals surface area contributed by atoms with E-state index in [0.717, 1.165) is 24.9 Å². The number of amides is 1. The maximum atomic E-state index is 12.3. The highest BCUT2D eigenvalue weighted by atomic mass is 32.2. The average molecular weight is 338 g/mol. The first-order valence-electron chi connectivity index (χ1n) is 7.90. The summed E-state index contributed by atoms with van der Waals surface area (Å²) in [5.74, 6) is -0.188. The van der Waals surface area contributed by atoms with Gasteiger partial charge in [0.15, 0.2) is 0 Å². The van der Waals surface area contributed by atoms with Crippen LogP contribution in [0.1, 0.15) is 24.0 Å². The molecule has 0 bridgehead atoms. The highest BCUT2D eigenvalue weighted by Crippen LogP contribution is 2.25. The standard InChI is InChI=1S/C16H22N2O4S/c1-23(20,21)18-7-8-22-11-15(18)10-16(19)17-14-6-5-12-3-2-4-13(12)9-14/h5-6,9,15H,2-4,7-8,10-11H2,1H3,(H,17,19)/t15-/m1/s1. The van der Waals surface area contributed by atoms with Gasteiger partial charge in [0, 0.05) is 18.7 Å². The van der Waals surface area contributed by atoms with Crippen molar-refractivity contribution in [3.63, 3.8) is 0 Å². The number of ether oxygens (including phenoxy) is 1. The highest BCUT2D eigenvalue weighted by Gasteiger charge is 2.31. The fraction of sp³-hybridized carbons (Fsp3) is 0.562. The molecular weight excluding hydrogens is 316 g/mol. The Morgan fingerprint density at radius 3 is 2.91 bits per heavy atom. The number of fused-ring (bicyclic) bond motifs is 1. The molecule has 1 aliphatic heterocycles. The number of anilines is 1. The number of morpholine rings is 1. The van der Waals surface area contributed by atoms with Crippen molar-refractivity contribution in [2.75, 3.05) is 31.3 Å². The zero-order valence-electron chi connectivity index (χ0n) is 13.2. The number of aryl methyl sites for hydroxylation is 2. The fourth-order valence-corrected chi connectivity index (χ4v) is 4.40. The van der Waals surface area contributed by atoms with Gasteiger partial charge < -0.3 is 10.1 Å². The van der Waals surface area contributed by atoms with Gasteiger partial charge in [0.1, 0.15) is 0 Å². The molecule has 1 heterocycles. The van der Waals surface area contributed by atoms with Crippen LogP contribution in [0.4, 0.5) is 5.69 Å². The van der Waals surface area contributed by atoms with E-state index in [2.05, 4.69) is 11.4 Å². The molecule has 1 aromatic carbocycles. The van der Waals surface area contributed by atoms with E-state index in [0.29, 0.717) is 13.2 Å². The minimum atomic E-state index is -3.33. The van der Waals surface area contributed by atoms with Gasteiger partial charge in [-0.2, -0.15) is 4.31 Å². The molecule has 23 heavy (non-hydrogen) atoms. The van der Waals surface area contributed by atoms with Crippen LogP contribution in [-0.4, -0.2) is 50.7 Å². The lowest BCUT2D eigenvalue weighted by molar-refractivity contribution is -0.118. The second-order valence-electron chi connectivity index (χ2n) is 6.19. The van der Waals surface area contributed by atoms with E-state index in [-0.39, 0.29) is 18.9 Å². The molecule has 0 radical (unpaired) electrons. The number of hydrogen-bond acceptors (Lipinski definition) is 4. The predicted octanol–water partition coefficient (Wildman–Crippen LogP) is 1.16. The summed E-state index contributed by atoms with van der Waals surface area (Å²) < 4.78 is 30.3. The van der Waals surface area contributed by atoms with E-state index in [9.17, 15) is 13.2 Å². The second-order valence-corrected chi connectivity index (χ2v) is 8.13. The average Bonchev–Trinajstić information content (AvgIpc) is 2.94. The Morgan fingerprint density at radius 2 is 2.13 bits per heavy atom. The summed E-state index contributed by atoms with van der Waals surface area (Å²) in [7, 11) is -3.33. The van der Waals surface area contributed by atoms with Gasteiger partial charge in [-0.25, -0.2) is 8.42 Å². The number of sulfonamides is 1. The number of hydrogen-bond donors (Lipinski definition) is 1. The first-order valence-corrected chi connectivity index (χ1v) is 9.74. The topological polar surface area (TPSA) is 75.7 Å². The Morgan fingerprint density at radius 1 is 1.35 bits per heavy atom. The molecule has 6 nitrogen and oxygen atoms in total. The molecule has 1 saturated heterocycles. The van der Waals surface area contributed by atoms with Gasteiger partial charge in [-0.3, -0.25) is 4.79 Å². The molecule has 126 valence electrons. The van der Waals surface area contributed by atoms with Gasteiger partial charge >= 0.3 is 0 Å². The van der Waals surface area contributed by atoms with Gasteiger partial charge in [-0.05, 0) is 42.5 Å². The third kappa shape index (κ3) is 3.91. The summed E-state index contributed by atoms with van der Waals surface area (Å²) in [5, 5.41) is 2.87. The molecular formula is C16H22N2O4S. The largest absolute Gasteiger partial charge is 0.378 e. The third-order valence-corrected chi connectivity index (χ3v) is 5.74. The van der Waals surface area contributed by atoms with Crippen molar-refractivity contribution in [2.24, 2.45) is 0 Å². The summed E-state index contributed by atoms with van der Waals surface area (Å²) >= 11 is 0. The monoisotopic (exact) mass is 338 g/mol. The minimum Gasteiger partial charge on any atom is -0.378 e. The number of nitrogens with one attached hydrogen (secondary N) is 1. The van der Waals surface area contributed by atoms with E-state index in [1.54, 1.807) is 0 Å². The van der Waals surface area contributed by atoms with Crippen LogP contribution in [0.15, 0.2) is 18.2 Å². The molecule has 1 amide bonds. The Hall–Kier alpha value is -1.44. The number of benzene rings is 1. The minimum absolute atomic E-state index is 0.101. The molecule has 0 saturated carbocycles. The smallest absolute Gasteiger partial charge is 0.226 e. The van der Waals surface area contributed by atoms with Crippen molar-refractivity contribution in [1.29, 1.82) is 0 Å². The van der Waals surface area contributed by atoms with E-state index < -0.39 is 16.1 Å². The van der Waals surface area contributed by atoms with Crippen LogP contribution in [0.2, 0.25) is 0 Å². The first-order chi connectivity index (χ1) is 10.9. The summed E-state index contributed by atoms with van der Waals surface area (Å²) in [6, 6.07) is 5.55. The van der Waals surface area contributed by atoms with E-state index in [1.165, 1.54) is 21.7 Å². The quantitative estimate of drug-likeness (QED) is 0.894. The van der Waals surface area contributed by atoms with Gasteiger partial charge in [0.25, 0.3) is 0 Å². The lowest BCUT2D eigenvalue weighted by Crippen LogP contribution is -2.49. The third-order valence-electron chi connectivity index (χ3n) is 4.40. The Labute approximate surface area is 136 Å². The van der Waals surface area contributed by atoms with Crippen LogP contribution in [0.5, 0.6) is 0 Å². The summed E-state index contributed by atoms with van der Waals surface area (Å²) in [5.41, 5.74) is 3.42. The molecule has 0 unspecified atom stereocenters. The van der Waals surface area contributed by atoms with Crippen molar-refractivity contribution in [2.45, 2.75) is 31.7 Å². The Bertz CT molecular complexity index is 702. The van der Waals surface area contributed by atoms with Crippen LogP contribution in [0, 0.1) is 0 Å². The van der Waals surface area contributed by atoms with Gasteiger partial charge in [-0.15, -0.1) is 0 Å². The maximum Gasteiger partial charge on any atom is 0.226 e. The Kier molecular flexibility index (Phi) is 4.70. The van der Waals surface area contributed by atoms with E-state index in [1.807, 2.05) is 12.1 Å². The van der Waals surface area contributed by atoms with Crippen molar-refractivity contribution in [3.8, 4) is 0 Å². The summed E-state index contributed by atoms with van der Waals surface area (Å²) in [6.07, 6.45) is 4.59. The Balaban J connectivity index is 1.64. The van der Waals surface area contributed by atoms with E-state index in [4.69, 9.17) is 4.74 Å². The number of rotatable bonds is 4. The fourth-order valence-electron chi connectivity index (χ4n) is 3.31. The predicted molar refractivity (Wildman–Crippen MR) is 87.9 cm³/mol. The van der Waals surface area contributed by atoms with Crippen molar-refractivity contribution >= 4 is 21.6 Å². The van der Waals surface area contributed by atoms with Gasteiger partial charge in [0.05, 0.1) is 25.5 Å². The lowest BCUT2D eigenvalue weighted by atomic mass is 10.1. The van der Waals surface area contributed by atoms with Crippen LogP contribution in [0.25, 0.3) is 0 Å². The molecule has 3 rings (SSSR count). The lowest BCUT2D eigenvalue weighted by Gasteiger charge is -2.33. The molecule has 0 spiro atoms. The van der Waals surface area contributed by atoms with Gasteiger partial charge in [-0.1, -0.05) is 6.07 Å². The first kappa shape index (κ1) is 16.4. The molecule has 1 aliphatic carbocycles. The van der Waals surface area contributed by atoms with Crippen LogP contribution < -0.4 is 5.32 Å². The van der Waals surface area contributed by atoms with E-state index >= 15 is 0 Å². The molecule has 2 aliphatic rings. The molecule has 1 N–H and O–H groups in total. The molecule has 1 aromatic rings. The zero-order valence-corrected chi connectivity index (χ0v) is 14.1. The maximum absolute atomic E-state index is 12.3. The summed E-state index contributed by atoms with van der Waals surface area (Å²) in [4.78, 5) is 12.3. The SMILES string of the molecule is CS(=O)(=O)N1CCOC[C@H]1CC(=O)Nc1ccc2c(c1)CCC2. The second kappa shape index (κ2) is 6.59. The van der Waals surface area contributed by atoms with Crippen LogP contribution in [-0.2, 0) is 32.4 Å². The van der Waals surface area contributed by atoms with Crippen molar-refractivity contribution < 1.29 is 17.9 Å². The highest BCUT2D eigenvalue weighted by molar-refractivity contribution is 7.88. The summed E-state index contributed by atoms with van der Waals surface area (Å²) in [6.45, 7) is 0.927. The normalized spacial score (nSPS) is 21.9. The molecule has 0 aromatic heterocycles. The van der Waals surface area contributed by atoms with Crippen molar-refractivity contribution in [1.82, 2.24) is 4.31 Å². The van der Waals surface area contributed by atoms with Gasteiger partial charge in [0.2, 0.25) is 15.9 Å². The molecule has 7 heteroatoms. The van der Waals surface area contributed by atoms with Crippen LogP contribution in [0.3, 0.4) is 0 Å². The number of carbonyl (C=O) groups excluding carboxylic acids is 1. The van der Waals surface area contributed by atoms with Crippen LogP contribution >= 0.6 is 0 Å². The van der Waals surface area contributed by atoms with Crippen molar-refractivity contribution in [3.05, 3.63) is 29.3 Å².